The second-order valence-corrected chi connectivity index (χ2v) is 5.41. The van der Waals surface area contributed by atoms with Gasteiger partial charge in [-0.2, -0.15) is 0 Å². The lowest BCUT2D eigenvalue weighted by molar-refractivity contribution is 0.792. The minimum atomic E-state index is 0.390. The first-order valence-corrected chi connectivity index (χ1v) is 7.50. The predicted octanol–water partition coefficient (Wildman–Crippen LogP) is 3.02. The Morgan fingerprint density at radius 1 is 1.20 bits per heavy atom. The Morgan fingerprint density at radius 3 is 2.75 bits per heavy atom. The van der Waals surface area contributed by atoms with Crippen LogP contribution in [0.1, 0.15) is 18.2 Å². The van der Waals surface area contributed by atoms with Crippen LogP contribution >= 0.6 is 11.3 Å². The fourth-order valence-corrected chi connectivity index (χ4v) is 3.07. The second-order valence-electron chi connectivity index (χ2n) is 4.46. The highest BCUT2D eigenvalue weighted by Crippen LogP contribution is 2.30. The summed E-state index contributed by atoms with van der Waals surface area (Å²) in [5.41, 5.74) is 9.97. The molecule has 102 valence electrons. The number of thiophene rings is 1. The molecule has 4 nitrogen and oxygen atoms in total. The normalized spacial score (nSPS) is 10.9. The van der Waals surface area contributed by atoms with Crippen LogP contribution in [0.5, 0.6) is 0 Å². The first kappa shape index (κ1) is 13.0. The summed E-state index contributed by atoms with van der Waals surface area (Å²) >= 11 is 1.68. The van der Waals surface area contributed by atoms with Gasteiger partial charge in [-0.3, -0.25) is 0 Å². The minimum absolute atomic E-state index is 0.390. The monoisotopic (exact) mass is 284 g/mol. The zero-order valence-electron chi connectivity index (χ0n) is 11.3. The van der Waals surface area contributed by atoms with Gasteiger partial charge >= 0.3 is 0 Å². The zero-order chi connectivity index (χ0) is 13.9. The van der Waals surface area contributed by atoms with Gasteiger partial charge in [0.05, 0.1) is 10.6 Å². The van der Waals surface area contributed by atoms with Crippen LogP contribution in [-0.4, -0.2) is 15.0 Å². The fourth-order valence-electron chi connectivity index (χ4n) is 2.30. The molecule has 0 unspecified atom stereocenters. The molecule has 0 spiro atoms. The van der Waals surface area contributed by atoms with Crippen LogP contribution in [0.4, 0.5) is 0 Å². The van der Waals surface area contributed by atoms with Crippen LogP contribution in [0.2, 0.25) is 0 Å². The number of nitrogens with zero attached hydrogens (tertiary/aromatic N) is 3. The molecule has 2 aromatic heterocycles. The molecule has 0 amide bonds. The standard InChI is InChI=1S/C15H16N4S/c1-2-11-6-3-4-7-13(11)19-15(12(10-16)17-18-19)14-8-5-9-20-14/h3-9H,2,10,16H2,1H3. The van der Waals surface area contributed by atoms with E-state index in [-0.39, 0.29) is 0 Å². The van der Waals surface area contributed by atoms with Crippen molar-refractivity contribution < 1.29 is 0 Å². The van der Waals surface area contributed by atoms with E-state index in [9.17, 15) is 0 Å². The quantitative estimate of drug-likeness (QED) is 0.801. The minimum Gasteiger partial charge on any atom is -0.325 e. The number of aromatic nitrogens is 3. The summed E-state index contributed by atoms with van der Waals surface area (Å²) in [6, 6.07) is 12.4. The topological polar surface area (TPSA) is 56.7 Å². The summed E-state index contributed by atoms with van der Waals surface area (Å²) in [4.78, 5) is 1.14. The fraction of sp³-hybridized carbons (Fsp3) is 0.200. The predicted molar refractivity (Wildman–Crippen MR) is 81.9 cm³/mol. The third-order valence-corrected chi connectivity index (χ3v) is 4.17. The summed E-state index contributed by atoms with van der Waals surface area (Å²) in [6.45, 7) is 2.53. The maximum atomic E-state index is 5.81. The van der Waals surface area contributed by atoms with Gasteiger partial charge in [0.1, 0.15) is 11.4 Å². The second kappa shape index (κ2) is 5.56. The number of hydrogen-bond acceptors (Lipinski definition) is 4. The lowest BCUT2D eigenvalue weighted by atomic mass is 10.1. The summed E-state index contributed by atoms with van der Waals surface area (Å²) in [5.74, 6) is 0. The van der Waals surface area contributed by atoms with Gasteiger partial charge in [-0.1, -0.05) is 36.4 Å². The maximum absolute atomic E-state index is 5.81. The lowest BCUT2D eigenvalue weighted by Crippen LogP contribution is -2.04. The number of aryl methyl sites for hydroxylation is 1. The number of rotatable bonds is 4. The molecule has 20 heavy (non-hydrogen) atoms. The van der Waals surface area contributed by atoms with Gasteiger partial charge in [-0.15, -0.1) is 16.4 Å². The highest BCUT2D eigenvalue weighted by atomic mass is 32.1. The Labute approximate surface area is 121 Å². The first-order valence-electron chi connectivity index (χ1n) is 6.62. The molecular formula is C15H16N4S. The molecule has 0 atom stereocenters. The lowest BCUT2D eigenvalue weighted by Gasteiger charge is -2.10. The van der Waals surface area contributed by atoms with Gasteiger partial charge in [0.2, 0.25) is 0 Å². The van der Waals surface area contributed by atoms with E-state index >= 15 is 0 Å². The molecular weight excluding hydrogens is 268 g/mol. The molecule has 0 aliphatic heterocycles. The van der Waals surface area contributed by atoms with Crippen LogP contribution in [0, 0.1) is 0 Å². The van der Waals surface area contributed by atoms with Crippen LogP contribution in [0.15, 0.2) is 41.8 Å². The van der Waals surface area contributed by atoms with Gasteiger partial charge < -0.3 is 5.73 Å². The average Bonchev–Trinajstić information content (AvgIpc) is 3.15. The van der Waals surface area contributed by atoms with E-state index in [4.69, 9.17) is 5.73 Å². The van der Waals surface area contributed by atoms with Gasteiger partial charge in [0, 0.05) is 6.54 Å². The Morgan fingerprint density at radius 2 is 2.05 bits per heavy atom. The zero-order valence-corrected chi connectivity index (χ0v) is 12.1. The molecule has 0 bridgehead atoms. The molecule has 0 aliphatic rings. The Hall–Kier alpha value is -1.98. The third-order valence-electron chi connectivity index (χ3n) is 3.29. The summed E-state index contributed by atoms with van der Waals surface area (Å²) in [5, 5.41) is 10.6. The summed E-state index contributed by atoms with van der Waals surface area (Å²) in [6.07, 6.45) is 0.956. The Kier molecular flexibility index (Phi) is 3.62. The Balaban J connectivity index is 2.22. The highest BCUT2D eigenvalue weighted by molar-refractivity contribution is 7.13. The summed E-state index contributed by atoms with van der Waals surface area (Å²) in [7, 11) is 0. The van der Waals surface area contributed by atoms with Gasteiger partial charge in [0.15, 0.2) is 0 Å². The van der Waals surface area contributed by atoms with Gasteiger partial charge in [-0.25, -0.2) is 4.68 Å². The van der Waals surface area contributed by atoms with E-state index in [2.05, 4.69) is 40.8 Å². The molecule has 3 rings (SSSR count). The molecule has 1 aromatic carbocycles. The average molecular weight is 284 g/mol. The van der Waals surface area contributed by atoms with E-state index < -0.39 is 0 Å². The molecule has 3 aromatic rings. The van der Waals surface area contributed by atoms with Gasteiger partial charge in [0.25, 0.3) is 0 Å². The largest absolute Gasteiger partial charge is 0.325 e. The summed E-state index contributed by atoms with van der Waals surface area (Å²) < 4.78 is 1.91. The van der Waals surface area contributed by atoms with Crippen molar-refractivity contribution in [3.05, 3.63) is 53.0 Å². The van der Waals surface area contributed by atoms with Gasteiger partial charge in [-0.05, 0) is 29.5 Å². The van der Waals surface area contributed by atoms with Crippen molar-refractivity contribution in [1.82, 2.24) is 15.0 Å². The van der Waals surface area contributed by atoms with Crippen molar-refractivity contribution >= 4 is 11.3 Å². The van der Waals surface area contributed by atoms with Crippen molar-refractivity contribution in [2.75, 3.05) is 0 Å². The molecule has 0 aliphatic carbocycles. The molecule has 0 saturated carbocycles. The maximum Gasteiger partial charge on any atom is 0.109 e. The van der Waals surface area contributed by atoms with Crippen molar-refractivity contribution in [3.8, 4) is 16.3 Å². The van der Waals surface area contributed by atoms with Crippen LogP contribution < -0.4 is 5.73 Å². The number of para-hydroxylation sites is 1. The van der Waals surface area contributed by atoms with E-state index in [0.29, 0.717) is 6.54 Å². The molecule has 5 heteroatoms. The third kappa shape index (κ3) is 2.15. The number of nitrogens with two attached hydrogens (primary N) is 1. The van der Waals surface area contributed by atoms with E-state index in [0.717, 1.165) is 28.4 Å². The van der Waals surface area contributed by atoms with E-state index in [1.54, 1.807) is 11.3 Å². The van der Waals surface area contributed by atoms with Crippen LogP contribution in [-0.2, 0) is 13.0 Å². The molecule has 2 heterocycles. The smallest absolute Gasteiger partial charge is 0.109 e. The van der Waals surface area contributed by atoms with Crippen molar-refractivity contribution in [2.45, 2.75) is 19.9 Å². The molecule has 0 saturated heterocycles. The number of benzene rings is 1. The first-order chi connectivity index (χ1) is 9.85. The highest BCUT2D eigenvalue weighted by Gasteiger charge is 2.17. The van der Waals surface area contributed by atoms with Crippen molar-refractivity contribution in [3.63, 3.8) is 0 Å². The van der Waals surface area contributed by atoms with Crippen molar-refractivity contribution in [1.29, 1.82) is 0 Å². The van der Waals surface area contributed by atoms with E-state index in [1.807, 2.05) is 22.9 Å². The number of hydrogen-bond donors (Lipinski definition) is 1. The SMILES string of the molecule is CCc1ccccc1-n1nnc(CN)c1-c1cccs1. The van der Waals surface area contributed by atoms with Crippen molar-refractivity contribution in [2.24, 2.45) is 5.73 Å². The van der Waals surface area contributed by atoms with Crippen LogP contribution in [0.3, 0.4) is 0 Å². The molecule has 0 radical (unpaired) electrons. The Bertz CT molecular complexity index is 700. The van der Waals surface area contributed by atoms with E-state index in [1.165, 1.54) is 5.56 Å². The molecule has 2 N–H and O–H groups in total. The molecule has 0 fully saturated rings. The van der Waals surface area contributed by atoms with Crippen LogP contribution in [0.25, 0.3) is 16.3 Å².